The summed E-state index contributed by atoms with van der Waals surface area (Å²) in [5.41, 5.74) is 4.14. The highest BCUT2D eigenvalue weighted by molar-refractivity contribution is 7.14. The van der Waals surface area contributed by atoms with Gasteiger partial charge in [-0.2, -0.15) is 5.10 Å². The Morgan fingerprint density at radius 2 is 2.45 bits per heavy atom. The van der Waals surface area contributed by atoms with Gasteiger partial charge in [0, 0.05) is 0 Å². The third-order valence-electron chi connectivity index (χ3n) is 1.80. The predicted molar refractivity (Wildman–Crippen MR) is 45.0 cm³/mol. The van der Waals surface area contributed by atoms with Crippen LogP contribution in [0.25, 0.3) is 4.96 Å². The van der Waals surface area contributed by atoms with Gasteiger partial charge in [0.15, 0.2) is 0 Å². The van der Waals surface area contributed by atoms with Crippen LogP contribution >= 0.6 is 11.3 Å². The molecule has 2 aromatic rings. The third-order valence-corrected chi connectivity index (χ3v) is 2.48. The Morgan fingerprint density at radius 1 is 1.64 bits per heavy atom. The number of hydrogen-bond acceptors (Lipinski definition) is 3. The zero-order valence-electron chi connectivity index (χ0n) is 6.53. The Bertz CT molecular complexity index is 374. The van der Waals surface area contributed by atoms with E-state index in [0.717, 1.165) is 17.1 Å². The molecular weight excluding hydrogens is 158 g/mol. The van der Waals surface area contributed by atoms with E-state index in [2.05, 4.69) is 23.9 Å². The summed E-state index contributed by atoms with van der Waals surface area (Å²) in [5, 5.41) is 4.16. The lowest BCUT2D eigenvalue weighted by Gasteiger charge is -1.89. The largest absolute Gasteiger partial charge is 0.222 e. The fourth-order valence-electron chi connectivity index (χ4n) is 1.17. The number of hydrogen-bond donors (Lipinski definition) is 0. The fourth-order valence-corrected chi connectivity index (χ4v) is 1.86. The molecule has 0 aromatic carbocycles. The molecule has 2 rings (SSSR count). The van der Waals surface area contributed by atoms with Gasteiger partial charge in [0.05, 0.1) is 11.4 Å². The molecule has 4 heteroatoms. The van der Waals surface area contributed by atoms with Gasteiger partial charge in [-0.1, -0.05) is 18.3 Å². The Morgan fingerprint density at radius 3 is 3.09 bits per heavy atom. The molecule has 0 N–H and O–H groups in total. The number of aryl methyl sites for hydroxylation is 2. The number of nitrogens with zero attached hydrogens (tertiary/aromatic N) is 3. The van der Waals surface area contributed by atoms with E-state index in [1.807, 2.05) is 10.0 Å². The maximum atomic E-state index is 4.41. The number of rotatable bonds is 1. The smallest absolute Gasteiger partial charge is 0.212 e. The van der Waals surface area contributed by atoms with Crippen LogP contribution in [0.3, 0.4) is 0 Å². The minimum Gasteiger partial charge on any atom is -0.222 e. The first kappa shape index (κ1) is 6.79. The highest BCUT2D eigenvalue weighted by Crippen LogP contribution is 2.14. The lowest BCUT2D eigenvalue weighted by Crippen LogP contribution is -1.88. The summed E-state index contributed by atoms with van der Waals surface area (Å²) in [6.45, 7) is 4.16. The first-order valence-corrected chi connectivity index (χ1v) is 4.48. The van der Waals surface area contributed by atoms with Crippen molar-refractivity contribution in [3.05, 3.63) is 16.9 Å². The SMILES string of the molecule is CCc1nc2scnn2c1C. The summed E-state index contributed by atoms with van der Waals surface area (Å²) in [4.78, 5) is 5.41. The second-order valence-electron chi connectivity index (χ2n) is 2.43. The van der Waals surface area contributed by atoms with E-state index in [9.17, 15) is 0 Å². The average molecular weight is 167 g/mol. The number of imidazole rings is 1. The van der Waals surface area contributed by atoms with Gasteiger partial charge < -0.3 is 0 Å². The summed E-state index contributed by atoms with van der Waals surface area (Å²) in [5.74, 6) is 0. The predicted octanol–water partition coefficient (Wildman–Crippen LogP) is 1.66. The Balaban J connectivity index is 2.76. The van der Waals surface area contributed by atoms with Gasteiger partial charge >= 0.3 is 0 Å². The molecule has 0 fully saturated rings. The van der Waals surface area contributed by atoms with Crippen molar-refractivity contribution in [3.63, 3.8) is 0 Å². The molecule has 0 amide bonds. The van der Waals surface area contributed by atoms with Crippen LogP contribution in [0.15, 0.2) is 5.51 Å². The molecule has 0 spiro atoms. The summed E-state index contributed by atoms with van der Waals surface area (Å²) >= 11 is 1.58. The molecule has 0 atom stereocenters. The van der Waals surface area contributed by atoms with Crippen molar-refractivity contribution in [1.29, 1.82) is 0 Å². The van der Waals surface area contributed by atoms with Gasteiger partial charge in [0.25, 0.3) is 0 Å². The second-order valence-corrected chi connectivity index (χ2v) is 3.24. The standard InChI is InChI=1S/C7H9N3S/c1-3-6-5(2)10-7(9-6)11-4-8-10/h4H,3H2,1-2H3. The van der Waals surface area contributed by atoms with Crippen LogP contribution in [-0.4, -0.2) is 14.6 Å². The molecule has 2 heterocycles. The Labute approximate surface area is 68.7 Å². The van der Waals surface area contributed by atoms with E-state index in [-0.39, 0.29) is 0 Å². The van der Waals surface area contributed by atoms with E-state index in [4.69, 9.17) is 0 Å². The average Bonchev–Trinajstić information content (AvgIpc) is 2.53. The molecule has 0 aliphatic rings. The van der Waals surface area contributed by atoms with Crippen molar-refractivity contribution in [1.82, 2.24) is 14.6 Å². The third kappa shape index (κ3) is 0.860. The minimum absolute atomic E-state index is 0.988. The van der Waals surface area contributed by atoms with Gasteiger partial charge in [-0.15, -0.1) is 0 Å². The Hall–Kier alpha value is -0.900. The summed E-state index contributed by atoms with van der Waals surface area (Å²) in [6, 6.07) is 0. The van der Waals surface area contributed by atoms with E-state index < -0.39 is 0 Å². The van der Waals surface area contributed by atoms with E-state index in [0.29, 0.717) is 0 Å². The second kappa shape index (κ2) is 2.30. The number of aromatic nitrogens is 3. The van der Waals surface area contributed by atoms with Crippen molar-refractivity contribution in [2.45, 2.75) is 20.3 Å². The van der Waals surface area contributed by atoms with Crippen LogP contribution < -0.4 is 0 Å². The summed E-state index contributed by atoms with van der Waals surface area (Å²) in [6.07, 6.45) is 0.988. The molecule has 0 bridgehead atoms. The number of fused-ring (bicyclic) bond motifs is 1. The van der Waals surface area contributed by atoms with Gasteiger partial charge in [-0.05, 0) is 13.3 Å². The molecule has 11 heavy (non-hydrogen) atoms. The van der Waals surface area contributed by atoms with Crippen molar-refractivity contribution in [2.24, 2.45) is 0 Å². The van der Waals surface area contributed by atoms with E-state index in [1.54, 1.807) is 11.3 Å². The first-order chi connectivity index (χ1) is 5.33. The van der Waals surface area contributed by atoms with Crippen molar-refractivity contribution < 1.29 is 0 Å². The monoisotopic (exact) mass is 167 g/mol. The molecular formula is C7H9N3S. The van der Waals surface area contributed by atoms with Crippen LogP contribution in [-0.2, 0) is 6.42 Å². The fraction of sp³-hybridized carbons (Fsp3) is 0.429. The molecule has 2 aromatic heterocycles. The van der Waals surface area contributed by atoms with Crippen LogP contribution in [0.4, 0.5) is 0 Å². The van der Waals surface area contributed by atoms with Crippen molar-refractivity contribution >= 4 is 16.3 Å². The zero-order chi connectivity index (χ0) is 7.84. The van der Waals surface area contributed by atoms with Gasteiger partial charge in [0.1, 0.15) is 5.51 Å². The van der Waals surface area contributed by atoms with Crippen molar-refractivity contribution in [2.75, 3.05) is 0 Å². The maximum Gasteiger partial charge on any atom is 0.212 e. The highest BCUT2D eigenvalue weighted by Gasteiger charge is 2.06. The van der Waals surface area contributed by atoms with E-state index in [1.165, 1.54) is 5.69 Å². The maximum absolute atomic E-state index is 4.41. The highest BCUT2D eigenvalue weighted by atomic mass is 32.1. The van der Waals surface area contributed by atoms with Crippen LogP contribution in [0.5, 0.6) is 0 Å². The molecule has 0 radical (unpaired) electrons. The van der Waals surface area contributed by atoms with Crippen LogP contribution in [0.2, 0.25) is 0 Å². The molecule has 0 unspecified atom stereocenters. The quantitative estimate of drug-likeness (QED) is 0.646. The van der Waals surface area contributed by atoms with Gasteiger partial charge in [-0.25, -0.2) is 9.50 Å². The molecule has 58 valence electrons. The molecule has 0 aliphatic heterocycles. The van der Waals surface area contributed by atoms with Crippen LogP contribution in [0, 0.1) is 6.92 Å². The Kier molecular flexibility index (Phi) is 1.42. The van der Waals surface area contributed by atoms with Gasteiger partial charge in [0.2, 0.25) is 4.96 Å². The topological polar surface area (TPSA) is 30.2 Å². The lowest BCUT2D eigenvalue weighted by molar-refractivity contribution is 0.912. The molecule has 0 aliphatic carbocycles. The molecule has 3 nitrogen and oxygen atoms in total. The normalized spacial score (nSPS) is 11.1. The summed E-state index contributed by atoms with van der Waals surface area (Å²) < 4.78 is 1.89. The van der Waals surface area contributed by atoms with Crippen LogP contribution in [0.1, 0.15) is 18.3 Å². The minimum atomic E-state index is 0.988. The molecule has 0 saturated heterocycles. The van der Waals surface area contributed by atoms with E-state index >= 15 is 0 Å². The lowest BCUT2D eigenvalue weighted by atomic mass is 10.3. The molecule has 0 saturated carbocycles. The van der Waals surface area contributed by atoms with Crippen molar-refractivity contribution in [3.8, 4) is 0 Å². The summed E-state index contributed by atoms with van der Waals surface area (Å²) in [7, 11) is 0. The zero-order valence-corrected chi connectivity index (χ0v) is 7.35. The first-order valence-electron chi connectivity index (χ1n) is 3.60. The van der Waals surface area contributed by atoms with Gasteiger partial charge in [-0.3, -0.25) is 0 Å².